The Hall–Kier alpha value is -1.06. The number of nitrogens with zero attached hydrogens (tertiary/aromatic N) is 1. The van der Waals surface area contributed by atoms with Gasteiger partial charge in [0.25, 0.3) is 0 Å². The van der Waals surface area contributed by atoms with Crippen molar-refractivity contribution in [1.82, 2.24) is 5.32 Å². The monoisotopic (exact) mass is 260 g/mol. The lowest BCUT2D eigenvalue weighted by Crippen LogP contribution is -2.50. The van der Waals surface area contributed by atoms with E-state index in [0.717, 1.165) is 26.2 Å². The summed E-state index contributed by atoms with van der Waals surface area (Å²) in [6.45, 7) is 3.90. The van der Waals surface area contributed by atoms with Crippen LogP contribution in [0.4, 0.5) is 5.69 Å². The van der Waals surface area contributed by atoms with E-state index >= 15 is 0 Å². The van der Waals surface area contributed by atoms with Crippen molar-refractivity contribution in [3.05, 3.63) is 29.8 Å². The number of rotatable bonds is 3. The zero-order valence-corrected chi connectivity index (χ0v) is 11.8. The second-order valence-electron chi connectivity index (χ2n) is 5.88. The highest BCUT2D eigenvalue weighted by Gasteiger charge is 2.37. The Kier molecular flexibility index (Phi) is 3.76. The zero-order chi connectivity index (χ0) is 13.1. The maximum Gasteiger partial charge on any atom is 0.0637 e. The molecule has 104 valence electrons. The number of hydrogen-bond acceptors (Lipinski definition) is 3. The highest BCUT2D eigenvalue weighted by molar-refractivity contribution is 5.55. The molecule has 1 spiro atoms. The second-order valence-corrected chi connectivity index (χ2v) is 5.88. The summed E-state index contributed by atoms with van der Waals surface area (Å²) in [5.41, 5.74) is 3.13. The number of nitrogens with one attached hydrogen (secondary N) is 1. The van der Waals surface area contributed by atoms with Crippen LogP contribution in [0.25, 0.3) is 0 Å². The molecular weight excluding hydrogens is 236 g/mol. The van der Waals surface area contributed by atoms with Crippen molar-refractivity contribution in [2.45, 2.75) is 37.8 Å². The fraction of sp³-hybridized carbons (Fsp3) is 0.625. The van der Waals surface area contributed by atoms with Gasteiger partial charge in [0, 0.05) is 38.0 Å². The Morgan fingerprint density at radius 2 is 2.05 bits per heavy atom. The molecule has 1 N–H and O–H groups in total. The van der Waals surface area contributed by atoms with Crippen LogP contribution in [0.3, 0.4) is 0 Å². The van der Waals surface area contributed by atoms with Crippen LogP contribution in [0.2, 0.25) is 0 Å². The van der Waals surface area contributed by atoms with Gasteiger partial charge in [-0.2, -0.15) is 0 Å². The summed E-state index contributed by atoms with van der Waals surface area (Å²) in [6, 6.07) is 8.78. The Balaban J connectivity index is 1.87. The molecule has 1 aliphatic carbocycles. The van der Waals surface area contributed by atoms with E-state index in [0.29, 0.717) is 5.54 Å². The van der Waals surface area contributed by atoms with Crippen LogP contribution in [-0.4, -0.2) is 32.3 Å². The maximum absolute atomic E-state index is 5.29. The highest BCUT2D eigenvalue weighted by Crippen LogP contribution is 2.35. The van der Waals surface area contributed by atoms with E-state index < -0.39 is 0 Å². The van der Waals surface area contributed by atoms with E-state index in [1.165, 1.54) is 36.9 Å². The first-order valence-electron chi connectivity index (χ1n) is 7.40. The standard InChI is InChI=1S/C16H24N2O/c1-19-11-10-18-13-16(8-4-5-9-16)17-12-14-6-2-3-7-15(14)18/h2-3,6-7,17H,4-5,8-13H2,1H3. The van der Waals surface area contributed by atoms with Gasteiger partial charge < -0.3 is 15.0 Å². The van der Waals surface area contributed by atoms with E-state index in [9.17, 15) is 0 Å². The van der Waals surface area contributed by atoms with Gasteiger partial charge in [-0.15, -0.1) is 0 Å². The first-order chi connectivity index (χ1) is 9.33. The van der Waals surface area contributed by atoms with Gasteiger partial charge in [-0.1, -0.05) is 31.0 Å². The molecule has 0 radical (unpaired) electrons. The number of anilines is 1. The lowest BCUT2D eigenvalue weighted by Gasteiger charge is -2.34. The van der Waals surface area contributed by atoms with Gasteiger partial charge in [-0.05, 0) is 24.5 Å². The molecule has 3 rings (SSSR count). The number of methoxy groups -OCH3 is 1. The SMILES string of the molecule is COCCN1CC2(CCCC2)NCc2ccccc21. The first kappa shape index (κ1) is 12.9. The van der Waals surface area contributed by atoms with Crippen molar-refractivity contribution in [2.75, 3.05) is 31.7 Å². The third-order valence-corrected chi connectivity index (χ3v) is 4.61. The molecule has 3 nitrogen and oxygen atoms in total. The van der Waals surface area contributed by atoms with Crippen LogP contribution < -0.4 is 10.2 Å². The Labute approximate surface area is 115 Å². The first-order valence-corrected chi connectivity index (χ1v) is 7.40. The molecule has 1 heterocycles. The third-order valence-electron chi connectivity index (χ3n) is 4.61. The van der Waals surface area contributed by atoms with Gasteiger partial charge in [-0.25, -0.2) is 0 Å². The minimum atomic E-state index is 0.326. The molecule has 0 saturated heterocycles. The van der Waals surface area contributed by atoms with Crippen molar-refractivity contribution < 1.29 is 4.74 Å². The van der Waals surface area contributed by atoms with Crippen LogP contribution in [0.1, 0.15) is 31.2 Å². The van der Waals surface area contributed by atoms with Gasteiger partial charge in [-0.3, -0.25) is 0 Å². The van der Waals surface area contributed by atoms with Crippen molar-refractivity contribution in [1.29, 1.82) is 0 Å². The molecule has 0 bridgehead atoms. The van der Waals surface area contributed by atoms with Gasteiger partial charge in [0.05, 0.1) is 6.61 Å². The number of benzene rings is 1. The second kappa shape index (κ2) is 5.51. The van der Waals surface area contributed by atoms with Crippen molar-refractivity contribution >= 4 is 5.69 Å². The topological polar surface area (TPSA) is 24.5 Å². The number of para-hydroxylation sites is 1. The fourth-order valence-corrected chi connectivity index (χ4v) is 3.55. The van der Waals surface area contributed by atoms with Gasteiger partial charge in [0.2, 0.25) is 0 Å². The quantitative estimate of drug-likeness (QED) is 0.904. The fourth-order valence-electron chi connectivity index (χ4n) is 3.55. The van der Waals surface area contributed by atoms with Gasteiger partial charge in [0.15, 0.2) is 0 Å². The van der Waals surface area contributed by atoms with E-state index in [-0.39, 0.29) is 0 Å². The predicted octanol–water partition coefficient (Wildman–Crippen LogP) is 2.56. The molecule has 3 heteroatoms. The summed E-state index contributed by atoms with van der Waals surface area (Å²) in [6.07, 6.45) is 5.35. The average molecular weight is 260 g/mol. The lowest BCUT2D eigenvalue weighted by atomic mass is 9.97. The largest absolute Gasteiger partial charge is 0.383 e. The van der Waals surface area contributed by atoms with Crippen LogP contribution in [0, 0.1) is 0 Å². The van der Waals surface area contributed by atoms with E-state index in [4.69, 9.17) is 4.74 Å². The summed E-state index contributed by atoms with van der Waals surface area (Å²) >= 11 is 0. The Morgan fingerprint density at radius 3 is 2.84 bits per heavy atom. The summed E-state index contributed by atoms with van der Waals surface area (Å²) in [7, 11) is 1.79. The lowest BCUT2D eigenvalue weighted by molar-refractivity contribution is 0.202. The van der Waals surface area contributed by atoms with Crippen LogP contribution >= 0.6 is 0 Å². The minimum absolute atomic E-state index is 0.326. The normalized spacial score (nSPS) is 21.4. The smallest absolute Gasteiger partial charge is 0.0637 e. The van der Waals surface area contributed by atoms with E-state index in [2.05, 4.69) is 34.5 Å². The molecule has 19 heavy (non-hydrogen) atoms. The molecule has 2 aliphatic rings. The molecule has 1 saturated carbocycles. The van der Waals surface area contributed by atoms with Crippen molar-refractivity contribution in [3.63, 3.8) is 0 Å². The third kappa shape index (κ3) is 2.63. The number of fused-ring (bicyclic) bond motifs is 1. The van der Waals surface area contributed by atoms with Crippen LogP contribution in [-0.2, 0) is 11.3 Å². The summed E-state index contributed by atoms with van der Waals surface area (Å²) in [4.78, 5) is 2.52. The van der Waals surface area contributed by atoms with E-state index in [1.807, 2.05) is 0 Å². The van der Waals surface area contributed by atoms with E-state index in [1.54, 1.807) is 7.11 Å². The minimum Gasteiger partial charge on any atom is -0.383 e. The van der Waals surface area contributed by atoms with Crippen LogP contribution in [0.5, 0.6) is 0 Å². The average Bonchev–Trinajstić information content (AvgIpc) is 2.84. The molecule has 0 amide bonds. The van der Waals surface area contributed by atoms with Gasteiger partial charge in [0.1, 0.15) is 0 Å². The molecule has 1 aromatic rings. The molecule has 0 unspecified atom stereocenters. The summed E-state index contributed by atoms with van der Waals surface area (Å²) in [5, 5.41) is 3.84. The summed E-state index contributed by atoms with van der Waals surface area (Å²) < 4.78 is 5.29. The van der Waals surface area contributed by atoms with Crippen LogP contribution in [0.15, 0.2) is 24.3 Å². The molecule has 0 aromatic heterocycles. The Bertz CT molecular complexity index is 427. The zero-order valence-electron chi connectivity index (χ0n) is 11.8. The Morgan fingerprint density at radius 1 is 1.26 bits per heavy atom. The number of ether oxygens (including phenoxy) is 1. The van der Waals surface area contributed by atoms with Crippen molar-refractivity contribution in [2.24, 2.45) is 0 Å². The highest BCUT2D eigenvalue weighted by atomic mass is 16.5. The van der Waals surface area contributed by atoms with Gasteiger partial charge >= 0.3 is 0 Å². The number of hydrogen-bond donors (Lipinski definition) is 1. The molecule has 0 atom stereocenters. The maximum atomic E-state index is 5.29. The molecule has 1 fully saturated rings. The predicted molar refractivity (Wildman–Crippen MR) is 78.6 cm³/mol. The molecule has 1 aromatic carbocycles. The molecule has 1 aliphatic heterocycles. The molecular formula is C16H24N2O. The summed E-state index contributed by atoms with van der Waals surface area (Å²) in [5.74, 6) is 0. The van der Waals surface area contributed by atoms with Crippen molar-refractivity contribution in [3.8, 4) is 0 Å².